The van der Waals surface area contributed by atoms with E-state index in [4.69, 9.17) is 16.3 Å². The van der Waals surface area contributed by atoms with Gasteiger partial charge in [0.25, 0.3) is 11.8 Å². The van der Waals surface area contributed by atoms with Crippen molar-refractivity contribution >= 4 is 34.9 Å². The summed E-state index contributed by atoms with van der Waals surface area (Å²) < 4.78 is 5.52. The van der Waals surface area contributed by atoms with E-state index in [1.54, 1.807) is 72.8 Å². The summed E-state index contributed by atoms with van der Waals surface area (Å²) in [6, 6.07) is 22.0. The Morgan fingerprint density at radius 1 is 0.833 bits per heavy atom. The zero-order valence-corrected chi connectivity index (χ0v) is 16.7. The second-order valence-electron chi connectivity index (χ2n) is 6.28. The summed E-state index contributed by atoms with van der Waals surface area (Å²) in [6.07, 6.45) is 0. The van der Waals surface area contributed by atoms with Crippen LogP contribution in [0.5, 0.6) is 5.75 Å². The van der Waals surface area contributed by atoms with Gasteiger partial charge in [0.05, 0.1) is 22.8 Å². The van der Waals surface area contributed by atoms with Crippen LogP contribution >= 0.6 is 11.6 Å². The van der Waals surface area contributed by atoms with Crippen LogP contribution in [0.2, 0.25) is 5.02 Å². The number of para-hydroxylation sites is 2. The summed E-state index contributed by atoms with van der Waals surface area (Å²) in [7, 11) is 0. The molecule has 0 unspecified atom stereocenters. The van der Waals surface area contributed by atoms with Crippen LogP contribution in [0.3, 0.4) is 0 Å². The molecule has 30 heavy (non-hydrogen) atoms. The maximum atomic E-state index is 12.5. The molecule has 0 saturated carbocycles. The highest BCUT2D eigenvalue weighted by molar-refractivity contribution is 6.33. The molecule has 0 aliphatic heterocycles. The highest BCUT2D eigenvalue weighted by Gasteiger charge is 2.15. The van der Waals surface area contributed by atoms with Crippen LogP contribution < -0.4 is 15.4 Å². The fourth-order valence-corrected chi connectivity index (χ4v) is 2.84. The van der Waals surface area contributed by atoms with E-state index >= 15 is 0 Å². The average molecular weight is 423 g/mol. The van der Waals surface area contributed by atoms with Crippen molar-refractivity contribution in [3.63, 3.8) is 0 Å². The van der Waals surface area contributed by atoms with E-state index in [1.165, 1.54) is 0 Å². The quantitative estimate of drug-likeness (QED) is 0.538. The Hall–Kier alpha value is -3.64. The van der Waals surface area contributed by atoms with Gasteiger partial charge in [-0.2, -0.15) is 0 Å². The molecule has 0 bridgehead atoms. The van der Waals surface area contributed by atoms with E-state index in [0.717, 1.165) is 0 Å². The summed E-state index contributed by atoms with van der Waals surface area (Å²) in [5.41, 5.74) is 1.21. The first-order valence-corrected chi connectivity index (χ1v) is 9.55. The van der Waals surface area contributed by atoms with E-state index in [-0.39, 0.29) is 30.2 Å². The molecule has 0 aromatic heterocycles. The molecule has 2 amide bonds. The molecule has 0 aliphatic carbocycles. The number of amides is 2. The van der Waals surface area contributed by atoms with Gasteiger partial charge in [-0.15, -0.1) is 0 Å². The lowest BCUT2D eigenvalue weighted by molar-refractivity contribution is -0.118. The zero-order chi connectivity index (χ0) is 21.3. The number of hydrogen-bond donors (Lipinski definition) is 2. The monoisotopic (exact) mass is 422 g/mol. The fraction of sp³-hybridized carbons (Fsp3) is 0.0870. The highest BCUT2D eigenvalue weighted by Crippen LogP contribution is 2.21. The molecule has 0 aliphatic rings. The number of benzene rings is 3. The number of carbonyl (C=O) groups is 3. The standard InChI is InChI=1S/C23H19ClN2O4/c24-18-11-5-6-12-19(18)26-22(28)15-30-21-13-7-4-10-17(21)23(29)25-14-20(27)16-8-2-1-3-9-16/h1-13H,14-15H2,(H,25,29)(H,26,28). The van der Waals surface area contributed by atoms with Crippen LogP contribution in [-0.2, 0) is 4.79 Å². The summed E-state index contributed by atoms with van der Waals surface area (Å²) in [4.78, 5) is 36.8. The zero-order valence-electron chi connectivity index (χ0n) is 15.9. The molecule has 7 heteroatoms. The molecule has 3 aromatic rings. The molecule has 3 aromatic carbocycles. The molecule has 3 rings (SSSR count). The van der Waals surface area contributed by atoms with Gasteiger partial charge in [0.2, 0.25) is 0 Å². The van der Waals surface area contributed by atoms with Gasteiger partial charge in [0, 0.05) is 5.56 Å². The number of hydrogen-bond acceptors (Lipinski definition) is 4. The topological polar surface area (TPSA) is 84.5 Å². The minimum Gasteiger partial charge on any atom is -0.483 e. The maximum Gasteiger partial charge on any atom is 0.262 e. The molecule has 0 atom stereocenters. The minimum absolute atomic E-state index is 0.149. The van der Waals surface area contributed by atoms with Gasteiger partial charge in [-0.05, 0) is 24.3 Å². The molecule has 0 saturated heterocycles. The SMILES string of the molecule is O=C(COc1ccccc1C(=O)NCC(=O)c1ccccc1)Nc1ccccc1Cl. The molecule has 6 nitrogen and oxygen atoms in total. The van der Waals surface area contributed by atoms with Crippen LogP contribution in [0.25, 0.3) is 0 Å². The maximum absolute atomic E-state index is 12.5. The van der Waals surface area contributed by atoms with Crippen LogP contribution in [0, 0.1) is 0 Å². The molecule has 0 spiro atoms. The first-order chi connectivity index (χ1) is 14.5. The van der Waals surface area contributed by atoms with Gasteiger partial charge in [-0.3, -0.25) is 14.4 Å². The van der Waals surface area contributed by atoms with Crippen LogP contribution in [0.1, 0.15) is 20.7 Å². The normalized spacial score (nSPS) is 10.2. The molecule has 0 fully saturated rings. The number of Topliss-reactive ketones (excluding diaryl/α,β-unsaturated/α-hetero) is 1. The third kappa shape index (κ3) is 5.68. The van der Waals surface area contributed by atoms with Crippen molar-refractivity contribution < 1.29 is 19.1 Å². The van der Waals surface area contributed by atoms with Crippen molar-refractivity contribution in [1.29, 1.82) is 0 Å². The molecule has 0 heterocycles. The van der Waals surface area contributed by atoms with Crippen molar-refractivity contribution in [3.05, 3.63) is 95.0 Å². The Balaban J connectivity index is 1.58. The number of anilines is 1. The Morgan fingerprint density at radius 2 is 1.50 bits per heavy atom. The van der Waals surface area contributed by atoms with Gasteiger partial charge in [0.1, 0.15) is 5.75 Å². The summed E-state index contributed by atoms with van der Waals surface area (Å²) >= 11 is 6.02. The predicted octanol–water partition coefficient (Wildman–Crippen LogP) is 3.97. The van der Waals surface area contributed by atoms with Gasteiger partial charge >= 0.3 is 0 Å². The molecule has 0 radical (unpaired) electrons. The van der Waals surface area contributed by atoms with Crippen LogP contribution in [-0.4, -0.2) is 30.7 Å². The summed E-state index contributed by atoms with van der Waals surface area (Å²) in [5.74, 6) is -0.864. The van der Waals surface area contributed by atoms with Crippen LogP contribution in [0.15, 0.2) is 78.9 Å². The Bertz CT molecular complexity index is 1050. The van der Waals surface area contributed by atoms with E-state index in [2.05, 4.69) is 10.6 Å². The Kier molecular flexibility index (Phi) is 7.19. The van der Waals surface area contributed by atoms with Gasteiger partial charge in [-0.25, -0.2) is 0 Å². The van der Waals surface area contributed by atoms with Crippen LogP contribution in [0.4, 0.5) is 5.69 Å². The van der Waals surface area contributed by atoms with Gasteiger partial charge < -0.3 is 15.4 Å². The lowest BCUT2D eigenvalue weighted by atomic mass is 10.1. The Morgan fingerprint density at radius 3 is 2.27 bits per heavy atom. The number of ether oxygens (including phenoxy) is 1. The van der Waals surface area contributed by atoms with Crippen molar-refractivity contribution in [2.75, 3.05) is 18.5 Å². The second-order valence-corrected chi connectivity index (χ2v) is 6.69. The highest BCUT2D eigenvalue weighted by atomic mass is 35.5. The van der Waals surface area contributed by atoms with E-state index < -0.39 is 11.8 Å². The van der Waals surface area contributed by atoms with E-state index in [0.29, 0.717) is 16.3 Å². The van der Waals surface area contributed by atoms with Gasteiger partial charge in [-0.1, -0.05) is 66.2 Å². The predicted molar refractivity (Wildman–Crippen MR) is 115 cm³/mol. The van der Waals surface area contributed by atoms with Crippen molar-refractivity contribution in [2.24, 2.45) is 0 Å². The summed E-state index contributed by atoms with van der Waals surface area (Å²) in [5, 5.41) is 5.64. The van der Waals surface area contributed by atoms with E-state index in [9.17, 15) is 14.4 Å². The van der Waals surface area contributed by atoms with Crippen molar-refractivity contribution in [1.82, 2.24) is 5.32 Å². The largest absolute Gasteiger partial charge is 0.483 e. The number of rotatable bonds is 8. The Labute approximate surface area is 178 Å². The van der Waals surface area contributed by atoms with Gasteiger partial charge in [0.15, 0.2) is 12.4 Å². The first-order valence-electron chi connectivity index (χ1n) is 9.17. The molecule has 2 N–H and O–H groups in total. The number of halogens is 1. The minimum atomic E-state index is -0.471. The molecular formula is C23H19ClN2O4. The van der Waals surface area contributed by atoms with Crippen molar-refractivity contribution in [3.8, 4) is 5.75 Å². The lowest BCUT2D eigenvalue weighted by Gasteiger charge is -2.12. The smallest absolute Gasteiger partial charge is 0.262 e. The average Bonchev–Trinajstić information content (AvgIpc) is 2.78. The number of carbonyl (C=O) groups excluding carboxylic acids is 3. The van der Waals surface area contributed by atoms with Crippen molar-refractivity contribution in [2.45, 2.75) is 0 Å². The summed E-state index contributed by atoms with van der Waals surface area (Å²) in [6.45, 7) is -0.456. The number of nitrogens with one attached hydrogen (secondary N) is 2. The number of ketones is 1. The van der Waals surface area contributed by atoms with E-state index in [1.807, 2.05) is 6.07 Å². The second kappa shape index (κ2) is 10.2. The third-order valence-electron chi connectivity index (χ3n) is 4.14. The first kappa shape index (κ1) is 21.1. The molecule has 152 valence electrons. The fourth-order valence-electron chi connectivity index (χ4n) is 2.65. The molecular weight excluding hydrogens is 404 g/mol. The third-order valence-corrected chi connectivity index (χ3v) is 4.47. The lowest BCUT2D eigenvalue weighted by Crippen LogP contribution is -2.30.